The van der Waals surface area contributed by atoms with Crippen LogP contribution in [0.3, 0.4) is 0 Å². The van der Waals surface area contributed by atoms with Crippen molar-refractivity contribution in [2.75, 3.05) is 18.4 Å². The molecule has 0 amide bonds. The Bertz CT molecular complexity index is 355. The van der Waals surface area contributed by atoms with Gasteiger partial charge in [-0.25, -0.2) is 0 Å². The smallest absolute Gasteiger partial charge is 0.0721 e. The van der Waals surface area contributed by atoms with Crippen molar-refractivity contribution in [2.24, 2.45) is 0 Å². The summed E-state index contributed by atoms with van der Waals surface area (Å²) >= 11 is 15.7. The lowest BCUT2D eigenvalue weighted by molar-refractivity contribution is 0.479. The van der Waals surface area contributed by atoms with Gasteiger partial charge in [-0.1, -0.05) is 39.1 Å². The first-order valence-electron chi connectivity index (χ1n) is 5.28. The van der Waals surface area contributed by atoms with Crippen molar-refractivity contribution in [3.63, 3.8) is 0 Å². The monoisotopic (exact) mass is 322 g/mol. The van der Waals surface area contributed by atoms with Crippen LogP contribution in [0.4, 0.5) is 5.69 Å². The molecule has 1 aliphatic rings. The molecule has 1 aliphatic heterocycles. The summed E-state index contributed by atoms with van der Waals surface area (Å²) in [6, 6.07) is 4.17. The van der Waals surface area contributed by atoms with Crippen LogP contribution in [0.1, 0.15) is 12.8 Å². The molecule has 0 aromatic heterocycles. The molecule has 0 aliphatic carbocycles. The van der Waals surface area contributed by atoms with E-state index >= 15 is 0 Å². The zero-order valence-corrected chi connectivity index (χ0v) is 11.8. The van der Waals surface area contributed by atoms with Crippen LogP contribution in [-0.4, -0.2) is 19.1 Å². The number of halogens is 3. The Morgan fingerprint density at radius 3 is 2.31 bits per heavy atom. The Kier molecular flexibility index (Phi) is 4.36. The van der Waals surface area contributed by atoms with Gasteiger partial charge in [-0.15, -0.1) is 0 Å². The maximum Gasteiger partial charge on any atom is 0.0721 e. The second-order valence-electron chi connectivity index (χ2n) is 3.91. The molecule has 1 aromatic carbocycles. The van der Waals surface area contributed by atoms with Crippen molar-refractivity contribution in [1.29, 1.82) is 0 Å². The third kappa shape index (κ3) is 3.04. The topological polar surface area (TPSA) is 24.1 Å². The lowest BCUT2D eigenvalue weighted by atomic mass is 10.1. The minimum absolute atomic E-state index is 0.456. The Balaban J connectivity index is 2.14. The number of piperidine rings is 1. The first-order chi connectivity index (χ1) is 7.66. The highest BCUT2D eigenvalue weighted by Crippen LogP contribution is 2.34. The van der Waals surface area contributed by atoms with Gasteiger partial charge in [0.15, 0.2) is 0 Å². The lowest BCUT2D eigenvalue weighted by Crippen LogP contribution is -2.35. The fraction of sp³-hybridized carbons (Fsp3) is 0.455. The van der Waals surface area contributed by atoms with Crippen LogP contribution >= 0.6 is 39.1 Å². The van der Waals surface area contributed by atoms with E-state index in [1.165, 1.54) is 0 Å². The summed E-state index contributed by atoms with van der Waals surface area (Å²) in [6.45, 7) is 2.09. The van der Waals surface area contributed by atoms with Gasteiger partial charge in [-0.3, -0.25) is 0 Å². The summed E-state index contributed by atoms with van der Waals surface area (Å²) in [5, 5.41) is 8.07. The van der Waals surface area contributed by atoms with E-state index in [9.17, 15) is 0 Å². The summed E-state index contributed by atoms with van der Waals surface area (Å²) in [5.41, 5.74) is 0.846. The average Bonchev–Trinajstić information content (AvgIpc) is 2.25. The van der Waals surface area contributed by atoms with Crippen LogP contribution in [0.25, 0.3) is 0 Å². The first kappa shape index (κ1) is 12.5. The predicted octanol–water partition coefficient (Wildman–Crippen LogP) is 3.92. The highest BCUT2D eigenvalue weighted by atomic mass is 79.9. The summed E-state index contributed by atoms with van der Waals surface area (Å²) < 4.78 is 0.901. The number of hydrogen-bond acceptors (Lipinski definition) is 2. The van der Waals surface area contributed by atoms with Crippen LogP contribution in [0, 0.1) is 0 Å². The van der Waals surface area contributed by atoms with Gasteiger partial charge in [-0.05, 0) is 38.1 Å². The largest absolute Gasteiger partial charge is 0.380 e. The maximum atomic E-state index is 6.16. The van der Waals surface area contributed by atoms with Crippen LogP contribution in [0.5, 0.6) is 0 Å². The molecule has 0 radical (unpaired) electrons. The fourth-order valence-electron chi connectivity index (χ4n) is 1.85. The Hall–Kier alpha value is 0.0400. The van der Waals surface area contributed by atoms with Gasteiger partial charge in [-0.2, -0.15) is 0 Å². The van der Waals surface area contributed by atoms with Crippen LogP contribution < -0.4 is 10.6 Å². The quantitative estimate of drug-likeness (QED) is 0.862. The van der Waals surface area contributed by atoms with E-state index in [0.717, 1.165) is 36.1 Å². The molecule has 2 nitrogen and oxygen atoms in total. The van der Waals surface area contributed by atoms with Crippen molar-refractivity contribution < 1.29 is 0 Å². The van der Waals surface area contributed by atoms with E-state index in [1.807, 2.05) is 12.1 Å². The summed E-state index contributed by atoms with van der Waals surface area (Å²) in [5.74, 6) is 0. The number of rotatable bonds is 2. The van der Waals surface area contributed by atoms with Crippen LogP contribution in [-0.2, 0) is 0 Å². The predicted molar refractivity (Wildman–Crippen MR) is 73.7 cm³/mol. The molecular weight excluding hydrogens is 311 g/mol. The van der Waals surface area contributed by atoms with E-state index in [4.69, 9.17) is 23.2 Å². The Labute approximate surface area is 114 Å². The van der Waals surface area contributed by atoms with E-state index in [2.05, 4.69) is 26.6 Å². The SMILES string of the molecule is Clc1cc(Br)cc(Cl)c1NC1CCNCC1. The van der Waals surface area contributed by atoms with Crippen molar-refractivity contribution in [2.45, 2.75) is 18.9 Å². The number of hydrogen-bond donors (Lipinski definition) is 2. The van der Waals surface area contributed by atoms with Crippen molar-refractivity contribution in [3.8, 4) is 0 Å². The van der Waals surface area contributed by atoms with Crippen molar-refractivity contribution >= 4 is 44.8 Å². The minimum atomic E-state index is 0.456. The number of anilines is 1. The molecule has 0 bridgehead atoms. The molecule has 2 rings (SSSR count). The molecule has 0 unspecified atom stereocenters. The van der Waals surface area contributed by atoms with Crippen molar-refractivity contribution in [1.82, 2.24) is 5.32 Å². The molecule has 16 heavy (non-hydrogen) atoms. The van der Waals surface area contributed by atoms with Crippen LogP contribution in [0.2, 0.25) is 10.0 Å². The fourth-order valence-corrected chi connectivity index (χ4v) is 3.17. The maximum absolute atomic E-state index is 6.16. The van der Waals surface area contributed by atoms with E-state index in [0.29, 0.717) is 16.1 Å². The molecule has 1 aromatic rings. The lowest BCUT2D eigenvalue weighted by Gasteiger charge is -2.25. The Morgan fingerprint density at radius 1 is 1.19 bits per heavy atom. The highest BCUT2D eigenvalue weighted by Gasteiger charge is 2.15. The second-order valence-corrected chi connectivity index (χ2v) is 5.64. The highest BCUT2D eigenvalue weighted by molar-refractivity contribution is 9.10. The Morgan fingerprint density at radius 2 is 1.75 bits per heavy atom. The third-order valence-electron chi connectivity index (χ3n) is 2.69. The minimum Gasteiger partial charge on any atom is -0.380 e. The molecule has 5 heteroatoms. The molecule has 0 atom stereocenters. The molecule has 2 N–H and O–H groups in total. The molecular formula is C11H13BrCl2N2. The molecule has 0 saturated carbocycles. The van der Waals surface area contributed by atoms with Gasteiger partial charge >= 0.3 is 0 Å². The molecule has 1 fully saturated rings. The van der Waals surface area contributed by atoms with Gasteiger partial charge in [0, 0.05) is 10.5 Å². The zero-order chi connectivity index (χ0) is 11.5. The van der Waals surface area contributed by atoms with E-state index in [1.54, 1.807) is 0 Å². The van der Waals surface area contributed by atoms with Gasteiger partial charge < -0.3 is 10.6 Å². The number of benzene rings is 1. The molecule has 0 spiro atoms. The average molecular weight is 324 g/mol. The third-order valence-corrected chi connectivity index (χ3v) is 3.75. The molecule has 1 heterocycles. The molecule has 88 valence electrons. The summed E-state index contributed by atoms with van der Waals surface area (Å²) in [6.07, 6.45) is 2.20. The van der Waals surface area contributed by atoms with Crippen LogP contribution in [0.15, 0.2) is 16.6 Å². The zero-order valence-electron chi connectivity index (χ0n) is 8.69. The molecule has 1 saturated heterocycles. The van der Waals surface area contributed by atoms with Gasteiger partial charge in [0.2, 0.25) is 0 Å². The van der Waals surface area contributed by atoms with E-state index < -0.39 is 0 Å². The standard InChI is InChI=1S/C11H13BrCl2N2/c12-7-5-9(13)11(10(14)6-7)16-8-1-3-15-4-2-8/h5-6,8,15-16H,1-4H2. The summed E-state index contributed by atoms with van der Waals surface area (Å²) in [7, 11) is 0. The van der Waals surface area contributed by atoms with Gasteiger partial charge in [0.1, 0.15) is 0 Å². The van der Waals surface area contributed by atoms with Crippen molar-refractivity contribution in [3.05, 3.63) is 26.7 Å². The number of nitrogens with one attached hydrogen (secondary N) is 2. The van der Waals surface area contributed by atoms with Gasteiger partial charge in [0.05, 0.1) is 15.7 Å². The summed E-state index contributed by atoms with van der Waals surface area (Å²) in [4.78, 5) is 0. The van der Waals surface area contributed by atoms with Gasteiger partial charge in [0.25, 0.3) is 0 Å². The first-order valence-corrected chi connectivity index (χ1v) is 6.83. The second kappa shape index (κ2) is 5.58. The normalized spacial score (nSPS) is 17.4. The van der Waals surface area contributed by atoms with E-state index in [-0.39, 0.29) is 0 Å².